The summed E-state index contributed by atoms with van der Waals surface area (Å²) < 4.78 is 32.6. The van der Waals surface area contributed by atoms with E-state index in [9.17, 15) is 13.0 Å². The van der Waals surface area contributed by atoms with Crippen LogP contribution in [0.5, 0.6) is 0 Å². The second-order valence-electron chi connectivity index (χ2n) is 4.79. The summed E-state index contributed by atoms with van der Waals surface area (Å²) in [6.07, 6.45) is 0. The maximum Gasteiger partial charge on any atom is 0.296 e. The molecule has 0 fully saturated rings. The minimum Gasteiger partial charge on any atom is -0.376 e. The molecule has 5 N–H and O–H groups in total. The number of thiocarbonyl (C=S) groups is 1. The van der Waals surface area contributed by atoms with Crippen LogP contribution in [0.2, 0.25) is 10.0 Å². The van der Waals surface area contributed by atoms with Crippen molar-refractivity contribution in [2.75, 3.05) is 5.32 Å². The van der Waals surface area contributed by atoms with Crippen LogP contribution in [0.1, 0.15) is 0 Å². The van der Waals surface area contributed by atoms with Gasteiger partial charge in [-0.2, -0.15) is 8.42 Å². The third-order valence-corrected chi connectivity index (χ3v) is 4.66. The lowest BCUT2D eigenvalue weighted by Crippen LogP contribution is -2.19. The highest BCUT2D eigenvalue weighted by molar-refractivity contribution is 7.86. The molecule has 0 aliphatic carbocycles. The average Bonchev–Trinajstić information content (AvgIpc) is 2.75. The van der Waals surface area contributed by atoms with E-state index in [0.717, 1.165) is 6.07 Å². The van der Waals surface area contributed by atoms with Crippen LogP contribution in [0.25, 0.3) is 21.8 Å². The first kappa shape index (κ1) is 16.3. The van der Waals surface area contributed by atoms with Gasteiger partial charge in [0.1, 0.15) is 4.90 Å². The summed E-state index contributed by atoms with van der Waals surface area (Å²) in [5, 5.41) is 4.46. The first-order valence-corrected chi connectivity index (χ1v) is 8.75. The van der Waals surface area contributed by atoms with E-state index >= 15 is 0 Å². The van der Waals surface area contributed by atoms with Crippen LogP contribution in [0, 0.1) is 0 Å². The largest absolute Gasteiger partial charge is 0.376 e. The predicted molar refractivity (Wildman–Crippen MR) is 96.0 cm³/mol. The minimum absolute atomic E-state index is 0.0280. The molecule has 23 heavy (non-hydrogen) atoms. The van der Waals surface area contributed by atoms with Crippen LogP contribution in [0.15, 0.2) is 29.2 Å². The number of halogens is 2. The van der Waals surface area contributed by atoms with Gasteiger partial charge in [0.05, 0.1) is 16.7 Å². The number of nitrogens with two attached hydrogens (primary N) is 1. The average molecular weight is 390 g/mol. The van der Waals surface area contributed by atoms with Gasteiger partial charge in [-0.3, -0.25) is 4.55 Å². The third-order valence-electron chi connectivity index (χ3n) is 3.25. The van der Waals surface area contributed by atoms with Gasteiger partial charge in [0.25, 0.3) is 10.1 Å². The zero-order chi connectivity index (χ0) is 16.9. The Bertz CT molecular complexity index is 1080. The van der Waals surface area contributed by atoms with Crippen LogP contribution in [-0.2, 0) is 10.1 Å². The van der Waals surface area contributed by atoms with E-state index < -0.39 is 10.1 Å². The molecule has 0 spiro atoms. The Balaban J connectivity index is 2.50. The fraction of sp³-hybridized carbons (Fsp3) is 0. The van der Waals surface area contributed by atoms with Gasteiger partial charge >= 0.3 is 0 Å². The molecular weight excluding hydrogens is 381 g/mol. The van der Waals surface area contributed by atoms with E-state index in [2.05, 4.69) is 10.3 Å². The molecule has 0 bridgehead atoms. The number of benzene rings is 2. The Hall–Kier alpha value is -1.58. The smallest absolute Gasteiger partial charge is 0.296 e. The number of H-pyrrole nitrogens is 1. The molecule has 10 heteroatoms. The maximum atomic E-state index is 11.6. The first-order valence-electron chi connectivity index (χ1n) is 6.15. The zero-order valence-corrected chi connectivity index (χ0v) is 14.4. The van der Waals surface area contributed by atoms with E-state index in [0.29, 0.717) is 27.0 Å². The number of aromatic amines is 1. The Morgan fingerprint density at radius 1 is 1.13 bits per heavy atom. The van der Waals surface area contributed by atoms with Crippen molar-refractivity contribution < 1.29 is 13.0 Å². The van der Waals surface area contributed by atoms with Gasteiger partial charge in [-0.25, -0.2) is 0 Å². The van der Waals surface area contributed by atoms with Crippen LogP contribution in [0.3, 0.4) is 0 Å². The number of fused-ring (bicyclic) bond motifs is 3. The standard InChI is InChI=1S/C13H9Cl2N3O3S2/c14-5-1-7-8-2-6(15)4-10(23(19,20)21)12(8)18-11(7)9(3-5)17-13(16)22/h1-4,18H,(H3,16,17,22)(H,19,20,21). The van der Waals surface area contributed by atoms with E-state index in [1.807, 2.05) is 0 Å². The second kappa shape index (κ2) is 5.50. The molecule has 0 radical (unpaired) electrons. The molecule has 3 rings (SSSR count). The van der Waals surface area contributed by atoms with Crippen molar-refractivity contribution in [3.63, 3.8) is 0 Å². The normalized spacial score (nSPS) is 12.0. The van der Waals surface area contributed by atoms with Crippen LogP contribution < -0.4 is 11.1 Å². The van der Waals surface area contributed by atoms with Gasteiger partial charge in [-0.05, 0) is 36.5 Å². The molecule has 2 aromatic carbocycles. The lowest BCUT2D eigenvalue weighted by molar-refractivity contribution is 0.484. The summed E-state index contributed by atoms with van der Waals surface area (Å²) in [7, 11) is -4.47. The van der Waals surface area contributed by atoms with Crippen molar-refractivity contribution in [1.29, 1.82) is 0 Å². The Morgan fingerprint density at radius 2 is 1.70 bits per heavy atom. The van der Waals surface area contributed by atoms with Gasteiger partial charge in [0.15, 0.2) is 5.11 Å². The molecule has 0 amide bonds. The highest BCUT2D eigenvalue weighted by Crippen LogP contribution is 2.37. The molecule has 0 aliphatic heterocycles. The molecule has 1 heterocycles. The van der Waals surface area contributed by atoms with Gasteiger partial charge in [-0.15, -0.1) is 0 Å². The van der Waals surface area contributed by atoms with Crippen molar-refractivity contribution >= 4 is 78.1 Å². The molecule has 1 aromatic heterocycles. The van der Waals surface area contributed by atoms with Gasteiger partial charge in [0, 0.05) is 20.8 Å². The monoisotopic (exact) mass is 389 g/mol. The van der Waals surface area contributed by atoms with Crippen molar-refractivity contribution in [3.8, 4) is 0 Å². The second-order valence-corrected chi connectivity index (χ2v) is 7.49. The van der Waals surface area contributed by atoms with Gasteiger partial charge in [0.2, 0.25) is 0 Å². The summed E-state index contributed by atoms with van der Waals surface area (Å²) in [5.74, 6) is 0. The molecule has 0 atom stereocenters. The fourth-order valence-electron chi connectivity index (χ4n) is 2.44. The quantitative estimate of drug-likeness (QED) is 0.394. The molecule has 120 valence electrons. The van der Waals surface area contributed by atoms with E-state index in [4.69, 9.17) is 41.2 Å². The van der Waals surface area contributed by atoms with Crippen LogP contribution in [-0.4, -0.2) is 23.1 Å². The van der Waals surface area contributed by atoms with E-state index in [-0.39, 0.29) is 20.5 Å². The zero-order valence-electron chi connectivity index (χ0n) is 11.2. The van der Waals surface area contributed by atoms with Crippen molar-refractivity contribution in [3.05, 3.63) is 34.3 Å². The molecule has 3 aromatic rings. The molecule has 6 nitrogen and oxygen atoms in total. The summed E-state index contributed by atoms with van der Waals surface area (Å²) in [4.78, 5) is 2.62. The summed E-state index contributed by atoms with van der Waals surface area (Å²) in [6, 6.07) is 5.97. The molecule has 0 unspecified atom stereocenters. The summed E-state index contributed by atoms with van der Waals surface area (Å²) in [6.45, 7) is 0. The third kappa shape index (κ3) is 2.96. The fourth-order valence-corrected chi connectivity index (χ4v) is 3.74. The van der Waals surface area contributed by atoms with Crippen LogP contribution in [0.4, 0.5) is 5.69 Å². The number of anilines is 1. The Kier molecular flexibility index (Phi) is 3.89. The molecule has 0 saturated carbocycles. The minimum atomic E-state index is -4.47. The maximum absolute atomic E-state index is 11.6. The van der Waals surface area contributed by atoms with E-state index in [1.54, 1.807) is 18.2 Å². The summed E-state index contributed by atoms with van der Waals surface area (Å²) >= 11 is 16.9. The number of hydrogen-bond donors (Lipinski definition) is 4. The lowest BCUT2D eigenvalue weighted by Gasteiger charge is -2.06. The number of aromatic nitrogens is 1. The topological polar surface area (TPSA) is 108 Å². The van der Waals surface area contributed by atoms with Gasteiger partial charge < -0.3 is 16.0 Å². The summed E-state index contributed by atoms with van der Waals surface area (Å²) in [5.41, 5.74) is 6.71. The Labute approximate surface area is 146 Å². The van der Waals surface area contributed by atoms with Crippen LogP contribution >= 0.6 is 35.4 Å². The number of rotatable bonds is 2. The highest BCUT2D eigenvalue weighted by atomic mass is 35.5. The number of hydrogen-bond acceptors (Lipinski definition) is 3. The van der Waals surface area contributed by atoms with Crippen molar-refractivity contribution in [2.24, 2.45) is 5.73 Å². The predicted octanol–water partition coefficient (Wildman–Crippen LogP) is 3.53. The SMILES string of the molecule is NC(=S)Nc1cc(Cl)cc2c1[nH]c1c(S(=O)(=O)O)cc(Cl)cc12. The lowest BCUT2D eigenvalue weighted by atomic mass is 10.1. The molecular formula is C13H9Cl2N3O3S2. The van der Waals surface area contributed by atoms with E-state index in [1.165, 1.54) is 0 Å². The van der Waals surface area contributed by atoms with Crippen molar-refractivity contribution in [2.45, 2.75) is 4.90 Å². The highest BCUT2D eigenvalue weighted by Gasteiger charge is 2.20. The molecule has 0 saturated heterocycles. The Morgan fingerprint density at radius 3 is 2.26 bits per heavy atom. The molecule has 0 aliphatic rings. The van der Waals surface area contributed by atoms with Gasteiger partial charge in [-0.1, -0.05) is 23.2 Å². The van der Waals surface area contributed by atoms with Crippen molar-refractivity contribution in [1.82, 2.24) is 4.98 Å². The first-order chi connectivity index (χ1) is 10.7. The number of nitrogens with one attached hydrogen (secondary N) is 2.